The van der Waals surface area contributed by atoms with Crippen LogP contribution in [0.4, 0.5) is 0 Å². The number of para-hydroxylation sites is 10. The van der Waals surface area contributed by atoms with E-state index in [1.165, 1.54) is 104 Å². The van der Waals surface area contributed by atoms with Crippen LogP contribution < -0.4 is 0 Å². The van der Waals surface area contributed by atoms with Gasteiger partial charge in [0.2, 0.25) is 0 Å². The van der Waals surface area contributed by atoms with Gasteiger partial charge in [0.05, 0.1) is 99.8 Å². The summed E-state index contributed by atoms with van der Waals surface area (Å²) in [6.45, 7) is 0. The Hall–Kier alpha value is -16.8. The predicted molar refractivity (Wildman–Crippen MR) is 518 cm³/mol. The summed E-state index contributed by atoms with van der Waals surface area (Å²) in [6, 6.07) is 162. The maximum Gasteiger partial charge on any atom is 0.0970 e. The van der Waals surface area contributed by atoms with Gasteiger partial charge in [0.1, 0.15) is 0 Å². The average molecular weight is 1580 g/mol. The highest BCUT2D eigenvalue weighted by Crippen LogP contribution is 2.43. The van der Waals surface area contributed by atoms with Crippen LogP contribution in [0.5, 0.6) is 0 Å². The van der Waals surface area contributed by atoms with E-state index in [1.54, 1.807) is 0 Å². The summed E-state index contributed by atoms with van der Waals surface area (Å²) in [5, 5.41) is 13.4. The van der Waals surface area contributed by atoms with Gasteiger partial charge < -0.3 is 27.4 Å². The van der Waals surface area contributed by atoms with Crippen LogP contribution in [-0.4, -0.2) is 42.4 Å². The topological polar surface area (TPSA) is 68.2 Å². The number of nitrogens with zero attached hydrogens (tertiary/aromatic N) is 9. The van der Waals surface area contributed by atoms with Gasteiger partial charge in [-0.25, -0.2) is 15.0 Å². The van der Waals surface area contributed by atoms with E-state index in [0.717, 1.165) is 117 Å². The first-order valence-corrected chi connectivity index (χ1v) is 42.2. The van der Waals surface area contributed by atoms with Gasteiger partial charge in [0.15, 0.2) is 0 Å². The van der Waals surface area contributed by atoms with Crippen LogP contribution in [0.2, 0.25) is 0 Å². The van der Waals surface area contributed by atoms with Crippen LogP contribution in [0.3, 0.4) is 0 Å². The Labute approximate surface area is 713 Å². The molecule has 580 valence electrons. The fourth-order valence-electron chi connectivity index (χ4n) is 19.1. The third-order valence-corrected chi connectivity index (χ3v) is 24.7. The van der Waals surface area contributed by atoms with Crippen LogP contribution in [0.25, 0.3) is 221 Å². The van der Waals surface area contributed by atoms with Crippen LogP contribution in [-0.2, 0) is 0 Å². The molecule has 0 radical (unpaired) electrons. The number of aromatic nitrogens is 9. The molecule has 0 N–H and O–H groups in total. The summed E-state index contributed by atoms with van der Waals surface area (Å²) >= 11 is 0. The molecule has 0 saturated heterocycles. The second kappa shape index (κ2) is 29.6. The maximum absolute atomic E-state index is 5.28. The second-order valence-electron chi connectivity index (χ2n) is 31.8. The molecular formula is C115H75N9. The van der Waals surface area contributed by atoms with Crippen LogP contribution >= 0.6 is 0 Å². The number of hydrogen-bond donors (Lipinski definition) is 0. The molecule has 0 saturated carbocycles. The molecule has 9 heteroatoms. The van der Waals surface area contributed by atoms with Gasteiger partial charge >= 0.3 is 0 Å². The SMILES string of the molecule is c1ccc(-c2ccc(-n3c4ccccc4c4cc(-c5ccc6c(n5)c5ccccc5n6-c5ccccc5)ccc43)cc2)cc1.c1ccc(-n2c3ccccc3c3cc(-c4ccc5c(n4)c4ccccc4n5-c4ccccc4)ccc32)cc1.c1ccc(-n2c3ccccc3c3nc(-c4ccc5c(c4)c4ccccc4n5-c4ccc5ccccc5c4)ccc32)cc1. The summed E-state index contributed by atoms with van der Waals surface area (Å²) < 4.78 is 14.0. The molecule has 9 heterocycles. The zero-order valence-electron chi connectivity index (χ0n) is 67.3. The van der Waals surface area contributed by atoms with Gasteiger partial charge in [0.25, 0.3) is 0 Å². The quantitative estimate of drug-likeness (QED) is 0.137. The predicted octanol–water partition coefficient (Wildman–Crippen LogP) is 29.6. The van der Waals surface area contributed by atoms with Crippen LogP contribution in [0.15, 0.2) is 455 Å². The van der Waals surface area contributed by atoms with Crippen molar-refractivity contribution in [3.05, 3.63) is 455 Å². The molecule has 9 aromatic heterocycles. The van der Waals surface area contributed by atoms with Gasteiger partial charge in [-0.1, -0.05) is 273 Å². The van der Waals surface area contributed by atoms with E-state index in [9.17, 15) is 0 Å². The molecule has 17 aromatic carbocycles. The van der Waals surface area contributed by atoms with Crippen molar-refractivity contribution in [2.24, 2.45) is 0 Å². The molecule has 0 atom stereocenters. The summed E-state index contributed by atoms with van der Waals surface area (Å²) in [5.74, 6) is 0. The fourth-order valence-corrected chi connectivity index (χ4v) is 19.1. The highest BCUT2D eigenvalue weighted by molar-refractivity contribution is 6.15. The van der Waals surface area contributed by atoms with Crippen molar-refractivity contribution in [3.8, 4) is 79.0 Å². The second-order valence-corrected chi connectivity index (χ2v) is 31.8. The fraction of sp³-hybridized carbons (Fsp3) is 0. The van der Waals surface area contributed by atoms with Gasteiger partial charge in [-0.15, -0.1) is 0 Å². The van der Waals surface area contributed by atoms with E-state index in [4.69, 9.17) is 15.0 Å². The molecular weight excluding hydrogens is 1510 g/mol. The van der Waals surface area contributed by atoms with Crippen LogP contribution in [0, 0.1) is 0 Å². The summed E-state index contributed by atoms with van der Waals surface area (Å²) in [4.78, 5) is 15.8. The molecule has 124 heavy (non-hydrogen) atoms. The number of hydrogen-bond acceptors (Lipinski definition) is 3. The van der Waals surface area contributed by atoms with Crippen molar-refractivity contribution in [1.29, 1.82) is 0 Å². The first kappa shape index (κ1) is 71.4. The number of benzene rings is 17. The van der Waals surface area contributed by atoms with Gasteiger partial charge in [-0.3, -0.25) is 0 Å². The van der Waals surface area contributed by atoms with E-state index in [-0.39, 0.29) is 0 Å². The highest BCUT2D eigenvalue weighted by Gasteiger charge is 2.23. The lowest BCUT2D eigenvalue weighted by molar-refractivity contribution is 1.17. The van der Waals surface area contributed by atoms with Gasteiger partial charge in [0, 0.05) is 99.3 Å². The molecule has 26 aromatic rings. The number of pyridine rings is 3. The normalized spacial score (nSPS) is 11.7. The molecule has 0 aliphatic carbocycles. The molecule has 0 amide bonds. The smallest absolute Gasteiger partial charge is 0.0970 e. The monoisotopic (exact) mass is 1580 g/mol. The van der Waals surface area contributed by atoms with E-state index in [1.807, 2.05) is 0 Å². The van der Waals surface area contributed by atoms with E-state index >= 15 is 0 Å². The first-order valence-electron chi connectivity index (χ1n) is 42.2. The van der Waals surface area contributed by atoms with Crippen molar-refractivity contribution >= 4 is 142 Å². The Balaban J connectivity index is 0.000000105. The van der Waals surface area contributed by atoms with Crippen molar-refractivity contribution in [1.82, 2.24) is 42.4 Å². The summed E-state index contributed by atoms with van der Waals surface area (Å²) in [5.41, 5.74) is 32.7. The molecule has 9 nitrogen and oxygen atoms in total. The van der Waals surface area contributed by atoms with E-state index in [0.29, 0.717) is 0 Å². The Morgan fingerprint density at radius 1 is 0.129 bits per heavy atom. The third-order valence-electron chi connectivity index (χ3n) is 24.7. The minimum Gasteiger partial charge on any atom is -0.309 e. The first-order chi connectivity index (χ1) is 61.5. The number of rotatable bonds is 10. The molecule has 0 aliphatic heterocycles. The number of fused-ring (bicyclic) bond motifs is 19. The zero-order chi connectivity index (χ0) is 81.7. The minimum absolute atomic E-state index is 0.972. The van der Waals surface area contributed by atoms with Crippen LogP contribution in [0.1, 0.15) is 0 Å². The Kier molecular flexibility index (Phi) is 17.1. The Bertz CT molecular complexity index is 8500. The lowest BCUT2D eigenvalue weighted by Crippen LogP contribution is -1.94. The molecule has 0 fully saturated rings. The molecule has 0 bridgehead atoms. The zero-order valence-corrected chi connectivity index (χ0v) is 67.3. The average Bonchev–Trinajstić information content (AvgIpc) is 1.60. The maximum atomic E-state index is 5.28. The summed E-state index contributed by atoms with van der Waals surface area (Å²) in [6.07, 6.45) is 0. The highest BCUT2D eigenvalue weighted by atomic mass is 15.0. The Morgan fingerprint density at radius 2 is 0.363 bits per heavy atom. The Morgan fingerprint density at radius 3 is 0.718 bits per heavy atom. The van der Waals surface area contributed by atoms with E-state index < -0.39 is 0 Å². The van der Waals surface area contributed by atoms with Crippen molar-refractivity contribution < 1.29 is 0 Å². The van der Waals surface area contributed by atoms with Crippen molar-refractivity contribution in [3.63, 3.8) is 0 Å². The standard InChI is InChI=1S/C41H27N3.C39H25N3.C35H23N3/c1-3-11-28(12-4-1)29-19-22-32(23-20-29)43-37-17-9-7-15-33(37)35-27-30(21-25-39(35)43)36-24-26-40-41(42-36)34-16-8-10-18-38(34)44(40)31-13-5-2-6-14-31;1-2-12-29(13-3-1)41-36-17-9-7-15-32(36)39-38(41)23-21-34(40-39)28-19-22-37-33(25-28)31-14-6-8-16-35(31)42(37)30-20-18-26-10-4-5-11-27(26)24-30;1-3-11-25(12-4-1)37-31-17-9-7-15-27(31)29-23-24(19-21-33(29)37)30-20-22-34-35(36-30)28-16-8-10-18-32(28)38(34)26-13-5-2-6-14-26/h1-27H;1-25H;1-23H. The molecule has 0 spiro atoms. The largest absolute Gasteiger partial charge is 0.309 e. The molecule has 0 aliphatic rings. The summed E-state index contributed by atoms with van der Waals surface area (Å²) in [7, 11) is 0. The molecule has 0 unspecified atom stereocenters. The molecule has 26 rings (SSSR count). The third kappa shape index (κ3) is 12.0. The lowest BCUT2D eigenvalue weighted by Gasteiger charge is -2.10. The van der Waals surface area contributed by atoms with Crippen molar-refractivity contribution in [2.75, 3.05) is 0 Å². The lowest BCUT2D eigenvalue weighted by atomic mass is 10.1. The van der Waals surface area contributed by atoms with Gasteiger partial charge in [-0.2, -0.15) is 0 Å². The van der Waals surface area contributed by atoms with Gasteiger partial charge in [-0.05, 0) is 204 Å². The minimum atomic E-state index is 0.972. The van der Waals surface area contributed by atoms with E-state index in [2.05, 4.69) is 482 Å². The van der Waals surface area contributed by atoms with Crippen molar-refractivity contribution in [2.45, 2.75) is 0 Å².